The van der Waals surface area contributed by atoms with Crippen LogP contribution in [0.15, 0.2) is 23.2 Å². The van der Waals surface area contributed by atoms with E-state index in [0.717, 1.165) is 31.6 Å². The summed E-state index contributed by atoms with van der Waals surface area (Å²) in [6.45, 7) is 2.19. The molecule has 0 atom stereocenters. The fourth-order valence-corrected chi connectivity index (χ4v) is 4.24. The zero-order valence-corrected chi connectivity index (χ0v) is 13.3. The quantitative estimate of drug-likeness (QED) is 0.856. The number of hydrogen-bond donors (Lipinski definition) is 0. The van der Waals surface area contributed by atoms with Gasteiger partial charge >= 0.3 is 0 Å². The third-order valence-corrected chi connectivity index (χ3v) is 6.33. The normalized spacial score (nSPS) is 23.0. The Morgan fingerprint density at radius 2 is 2.00 bits per heavy atom. The standard InChI is InChI=1S/C15H21N3O2S/c1-3-12-4-7-14(8-5-12)18(2)21(19,20)15-9-6-13(10-16)17-11-15/h6,9,11-12,14H,3-5,7-8H2,1-2H3. The zero-order valence-electron chi connectivity index (χ0n) is 12.5. The highest BCUT2D eigenvalue weighted by atomic mass is 32.2. The molecular weight excluding hydrogens is 286 g/mol. The van der Waals surface area contributed by atoms with Gasteiger partial charge in [-0.15, -0.1) is 0 Å². The number of sulfonamides is 1. The predicted molar refractivity (Wildman–Crippen MR) is 79.9 cm³/mol. The minimum atomic E-state index is -3.53. The van der Waals surface area contributed by atoms with E-state index < -0.39 is 10.0 Å². The van der Waals surface area contributed by atoms with Gasteiger partial charge in [-0.1, -0.05) is 13.3 Å². The van der Waals surface area contributed by atoms with Crippen LogP contribution in [0.4, 0.5) is 0 Å². The molecule has 1 aromatic rings. The highest BCUT2D eigenvalue weighted by molar-refractivity contribution is 7.89. The van der Waals surface area contributed by atoms with Crippen molar-refractivity contribution in [2.24, 2.45) is 5.92 Å². The Hall–Kier alpha value is -1.45. The first kappa shape index (κ1) is 15.9. The fraction of sp³-hybridized carbons (Fsp3) is 0.600. The number of aromatic nitrogens is 1. The van der Waals surface area contributed by atoms with E-state index in [1.807, 2.05) is 6.07 Å². The number of nitrogens with zero attached hydrogens (tertiary/aromatic N) is 3. The zero-order chi connectivity index (χ0) is 15.5. The predicted octanol–water partition coefficient (Wildman–Crippen LogP) is 2.54. The summed E-state index contributed by atoms with van der Waals surface area (Å²) in [5.74, 6) is 0.730. The Kier molecular flexibility index (Phi) is 4.96. The number of rotatable bonds is 4. The molecule has 0 amide bonds. The molecule has 114 valence electrons. The van der Waals surface area contributed by atoms with Gasteiger partial charge in [-0.2, -0.15) is 9.57 Å². The van der Waals surface area contributed by atoms with Crippen LogP contribution in [0.3, 0.4) is 0 Å². The first-order chi connectivity index (χ1) is 9.98. The third kappa shape index (κ3) is 3.42. The Morgan fingerprint density at radius 3 is 2.48 bits per heavy atom. The van der Waals surface area contributed by atoms with Crippen LogP contribution in [0.25, 0.3) is 0 Å². The molecule has 1 aliphatic carbocycles. The van der Waals surface area contributed by atoms with Gasteiger partial charge in [0.05, 0.1) is 0 Å². The van der Waals surface area contributed by atoms with E-state index in [1.165, 1.54) is 29.1 Å². The summed E-state index contributed by atoms with van der Waals surface area (Å²) in [6, 6.07) is 4.85. The Bertz CT molecular complexity index is 611. The summed E-state index contributed by atoms with van der Waals surface area (Å²) < 4.78 is 26.6. The topological polar surface area (TPSA) is 74.1 Å². The van der Waals surface area contributed by atoms with E-state index in [-0.39, 0.29) is 16.6 Å². The van der Waals surface area contributed by atoms with Crippen LogP contribution in [0, 0.1) is 17.2 Å². The first-order valence-electron chi connectivity index (χ1n) is 7.33. The van der Waals surface area contributed by atoms with Crippen LogP contribution in [0.1, 0.15) is 44.7 Å². The molecular formula is C15H21N3O2S. The van der Waals surface area contributed by atoms with Gasteiger partial charge in [0.25, 0.3) is 0 Å². The van der Waals surface area contributed by atoms with Crippen LogP contribution in [-0.4, -0.2) is 30.8 Å². The molecule has 0 saturated heterocycles. The van der Waals surface area contributed by atoms with E-state index in [2.05, 4.69) is 11.9 Å². The van der Waals surface area contributed by atoms with Crippen LogP contribution in [0.5, 0.6) is 0 Å². The second kappa shape index (κ2) is 6.54. The number of nitriles is 1. The van der Waals surface area contributed by atoms with Gasteiger partial charge < -0.3 is 0 Å². The van der Waals surface area contributed by atoms with E-state index in [1.54, 1.807) is 7.05 Å². The van der Waals surface area contributed by atoms with Crippen molar-refractivity contribution < 1.29 is 8.42 Å². The molecule has 0 spiro atoms. The average molecular weight is 307 g/mol. The fourth-order valence-electron chi connectivity index (χ4n) is 2.88. The molecule has 0 unspecified atom stereocenters. The summed E-state index contributed by atoms with van der Waals surface area (Å²) in [5, 5.41) is 8.72. The highest BCUT2D eigenvalue weighted by Crippen LogP contribution is 2.31. The lowest BCUT2D eigenvalue weighted by atomic mass is 9.85. The van der Waals surface area contributed by atoms with Crippen LogP contribution < -0.4 is 0 Å². The largest absolute Gasteiger partial charge is 0.244 e. The second-order valence-electron chi connectivity index (χ2n) is 5.59. The van der Waals surface area contributed by atoms with Gasteiger partial charge in [0, 0.05) is 19.3 Å². The molecule has 0 aliphatic heterocycles. The maximum Gasteiger partial charge on any atom is 0.244 e. The average Bonchev–Trinajstić information content (AvgIpc) is 2.54. The second-order valence-corrected chi connectivity index (χ2v) is 7.59. The van der Waals surface area contributed by atoms with E-state index >= 15 is 0 Å². The van der Waals surface area contributed by atoms with Crippen molar-refractivity contribution in [3.63, 3.8) is 0 Å². The van der Waals surface area contributed by atoms with Gasteiger partial charge in [-0.3, -0.25) is 0 Å². The molecule has 0 N–H and O–H groups in total. The summed E-state index contributed by atoms with van der Waals surface area (Å²) in [4.78, 5) is 4.00. The minimum Gasteiger partial charge on any atom is -0.244 e. The Morgan fingerprint density at radius 1 is 1.33 bits per heavy atom. The van der Waals surface area contributed by atoms with Crippen LogP contribution in [-0.2, 0) is 10.0 Å². The number of hydrogen-bond acceptors (Lipinski definition) is 4. The molecule has 0 bridgehead atoms. The van der Waals surface area contributed by atoms with Gasteiger partial charge in [-0.05, 0) is 43.7 Å². The summed E-state index contributed by atoms with van der Waals surface area (Å²) in [5.41, 5.74) is 0.222. The maximum atomic E-state index is 12.6. The maximum absolute atomic E-state index is 12.6. The molecule has 1 heterocycles. The lowest BCUT2D eigenvalue weighted by Gasteiger charge is -2.33. The van der Waals surface area contributed by atoms with Gasteiger partial charge in [-0.25, -0.2) is 13.4 Å². The minimum absolute atomic E-state index is 0.0634. The monoisotopic (exact) mass is 307 g/mol. The van der Waals surface area contributed by atoms with Crippen molar-refractivity contribution in [3.05, 3.63) is 24.0 Å². The van der Waals surface area contributed by atoms with E-state index in [4.69, 9.17) is 5.26 Å². The van der Waals surface area contributed by atoms with Crippen molar-refractivity contribution in [2.45, 2.75) is 50.0 Å². The lowest BCUT2D eigenvalue weighted by Crippen LogP contribution is -2.39. The smallest absolute Gasteiger partial charge is 0.244 e. The molecule has 0 aromatic carbocycles. The van der Waals surface area contributed by atoms with Gasteiger partial charge in [0.1, 0.15) is 16.7 Å². The Labute approximate surface area is 126 Å². The molecule has 0 radical (unpaired) electrons. The summed E-state index contributed by atoms with van der Waals surface area (Å²) in [6.07, 6.45) is 6.44. The van der Waals surface area contributed by atoms with Crippen molar-refractivity contribution >= 4 is 10.0 Å². The summed E-state index contributed by atoms with van der Waals surface area (Å²) in [7, 11) is -1.88. The van der Waals surface area contributed by atoms with Crippen molar-refractivity contribution in [3.8, 4) is 6.07 Å². The first-order valence-corrected chi connectivity index (χ1v) is 8.77. The lowest BCUT2D eigenvalue weighted by molar-refractivity contribution is 0.233. The van der Waals surface area contributed by atoms with Gasteiger partial charge in [0.15, 0.2) is 0 Å². The van der Waals surface area contributed by atoms with Crippen molar-refractivity contribution in [2.75, 3.05) is 7.05 Å². The molecule has 5 nitrogen and oxygen atoms in total. The molecule has 2 rings (SSSR count). The van der Waals surface area contributed by atoms with Crippen molar-refractivity contribution in [1.29, 1.82) is 5.26 Å². The van der Waals surface area contributed by atoms with Crippen LogP contribution >= 0.6 is 0 Å². The molecule has 21 heavy (non-hydrogen) atoms. The molecule has 1 saturated carbocycles. The molecule has 6 heteroatoms. The van der Waals surface area contributed by atoms with Crippen molar-refractivity contribution in [1.82, 2.24) is 9.29 Å². The molecule has 1 aromatic heterocycles. The SMILES string of the molecule is CCC1CCC(N(C)S(=O)(=O)c2ccc(C#N)nc2)CC1. The van der Waals surface area contributed by atoms with Gasteiger partial charge in [0.2, 0.25) is 10.0 Å². The number of pyridine rings is 1. The van der Waals surface area contributed by atoms with Crippen LogP contribution in [0.2, 0.25) is 0 Å². The highest BCUT2D eigenvalue weighted by Gasteiger charge is 2.31. The Balaban J connectivity index is 2.13. The third-order valence-electron chi connectivity index (χ3n) is 4.44. The molecule has 1 fully saturated rings. The summed E-state index contributed by atoms with van der Waals surface area (Å²) >= 11 is 0. The van der Waals surface area contributed by atoms with E-state index in [9.17, 15) is 8.42 Å². The van der Waals surface area contributed by atoms with E-state index in [0.29, 0.717) is 0 Å². The molecule has 1 aliphatic rings.